The Balaban J connectivity index is 2.25. The number of cyclic esters (lactones) is 1. The fourth-order valence-electron chi connectivity index (χ4n) is 2.17. The molecule has 122 valence electrons. The summed E-state index contributed by atoms with van der Waals surface area (Å²) in [7, 11) is 1.68. The number of anilines is 1. The zero-order valence-corrected chi connectivity index (χ0v) is 13.9. The van der Waals surface area contributed by atoms with Crippen molar-refractivity contribution < 1.29 is 19.1 Å². The van der Waals surface area contributed by atoms with Crippen LogP contribution in [0, 0.1) is 0 Å². The summed E-state index contributed by atoms with van der Waals surface area (Å²) in [4.78, 5) is 38.1. The molecule has 6 heteroatoms. The predicted molar refractivity (Wildman–Crippen MR) is 86.6 cm³/mol. The molecule has 23 heavy (non-hydrogen) atoms. The molecule has 0 aliphatic carbocycles. The van der Waals surface area contributed by atoms with E-state index in [1.54, 1.807) is 52.1 Å². The van der Waals surface area contributed by atoms with Crippen molar-refractivity contribution in [3.8, 4) is 0 Å². The summed E-state index contributed by atoms with van der Waals surface area (Å²) >= 11 is 0. The van der Waals surface area contributed by atoms with Crippen molar-refractivity contribution in [2.45, 2.75) is 33.2 Å². The number of carbonyl (C=O) groups excluding carboxylic acids is 3. The van der Waals surface area contributed by atoms with E-state index in [1.165, 1.54) is 17.9 Å². The lowest BCUT2D eigenvalue weighted by Gasteiger charge is -2.26. The van der Waals surface area contributed by atoms with E-state index in [4.69, 9.17) is 4.74 Å². The van der Waals surface area contributed by atoms with Gasteiger partial charge in [-0.1, -0.05) is 12.1 Å². The summed E-state index contributed by atoms with van der Waals surface area (Å²) in [6, 6.07) is 7.03. The smallest absolute Gasteiger partial charge is 0.404 e. The van der Waals surface area contributed by atoms with Gasteiger partial charge in [0.05, 0.1) is 0 Å². The van der Waals surface area contributed by atoms with Gasteiger partial charge in [0.15, 0.2) is 5.76 Å². The number of hydrogen-bond acceptors (Lipinski definition) is 4. The molecule has 1 heterocycles. The van der Waals surface area contributed by atoms with Crippen LogP contribution >= 0.6 is 0 Å². The van der Waals surface area contributed by atoms with Crippen LogP contribution in [0.1, 0.15) is 33.3 Å². The largest absolute Gasteiger partial charge is 0.423 e. The van der Waals surface area contributed by atoms with E-state index in [-0.39, 0.29) is 11.7 Å². The number of carbonyl (C=O) groups is 3. The van der Waals surface area contributed by atoms with Crippen LogP contribution < -0.4 is 4.90 Å². The predicted octanol–water partition coefficient (Wildman–Crippen LogP) is 2.79. The fourth-order valence-corrected chi connectivity index (χ4v) is 2.17. The summed E-state index contributed by atoms with van der Waals surface area (Å²) < 4.78 is 5.07. The van der Waals surface area contributed by atoms with Crippen LogP contribution in [0.4, 0.5) is 10.5 Å². The molecule has 0 saturated carbocycles. The minimum absolute atomic E-state index is 0.00222. The van der Waals surface area contributed by atoms with Gasteiger partial charge in [0, 0.05) is 25.2 Å². The Morgan fingerprint density at radius 1 is 1.17 bits per heavy atom. The van der Waals surface area contributed by atoms with Crippen LogP contribution in [0.2, 0.25) is 0 Å². The second-order valence-corrected chi connectivity index (χ2v) is 6.36. The van der Waals surface area contributed by atoms with Crippen LogP contribution in [0.5, 0.6) is 0 Å². The highest BCUT2D eigenvalue weighted by molar-refractivity contribution is 6.10. The van der Waals surface area contributed by atoms with Crippen molar-refractivity contribution in [2.75, 3.05) is 11.9 Å². The van der Waals surface area contributed by atoms with Crippen molar-refractivity contribution in [2.24, 2.45) is 0 Å². The average Bonchev–Trinajstić information content (AvgIpc) is 2.73. The maximum atomic E-state index is 12.3. The summed E-state index contributed by atoms with van der Waals surface area (Å²) in [5.74, 6) is -0.526. The van der Waals surface area contributed by atoms with Crippen molar-refractivity contribution >= 4 is 29.7 Å². The van der Waals surface area contributed by atoms with Gasteiger partial charge in [0.2, 0.25) is 5.91 Å². The van der Waals surface area contributed by atoms with E-state index >= 15 is 0 Å². The van der Waals surface area contributed by atoms with Crippen LogP contribution in [0.3, 0.4) is 0 Å². The molecule has 1 aliphatic rings. The van der Waals surface area contributed by atoms with Crippen LogP contribution in [0.15, 0.2) is 30.0 Å². The van der Waals surface area contributed by atoms with Gasteiger partial charge in [-0.3, -0.25) is 9.59 Å². The second kappa shape index (κ2) is 5.87. The van der Waals surface area contributed by atoms with E-state index < -0.39 is 17.5 Å². The first-order valence-corrected chi connectivity index (χ1v) is 7.23. The Morgan fingerprint density at radius 2 is 1.74 bits per heavy atom. The molecule has 3 amide bonds. The molecule has 1 fully saturated rings. The molecule has 0 spiro atoms. The zero-order chi connectivity index (χ0) is 17.4. The van der Waals surface area contributed by atoms with Crippen molar-refractivity contribution in [3.63, 3.8) is 0 Å². The number of ether oxygens (including phenoxy) is 1. The van der Waals surface area contributed by atoms with Gasteiger partial charge in [0.25, 0.3) is 5.91 Å². The molecule has 6 nitrogen and oxygen atoms in total. The van der Waals surface area contributed by atoms with Crippen molar-refractivity contribution in [1.82, 2.24) is 4.90 Å². The number of rotatable bonds is 2. The molecule has 1 aliphatic heterocycles. The monoisotopic (exact) mass is 316 g/mol. The minimum Gasteiger partial charge on any atom is -0.404 e. The number of benzene rings is 1. The molecule has 0 atom stereocenters. The van der Waals surface area contributed by atoms with Gasteiger partial charge in [-0.05, 0) is 44.5 Å². The van der Waals surface area contributed by atoms with Crippen LogP contribution in [-0.4, -0.2) is 35.4 Å². The Bertz CT molecular complexity index is 684. The molecular formula is C17H20N2O4. The third-order valence-electron chi connectivity index (χ3n) is 3.52. The third-order valence-corrected chi connectivity index (χ3v) is 3.52. The number of hydrogen-bond donors (Lipinski definition) is 0. The molecule has 0 N–H and O–H groups in total. The van der Waals surface area contributed by atoms with Gasteiger partial charge < -0.3 is 9.64 Å². The lowest BCUT2D eigenvalue weighted by atomic mass is 10.1. The highest BCUT2D eigenvalue weighted by atomic mass is 16.6. The Kier molecular flexibility index (Phi) is 4.27. The normalized spacial score (nSPS) is 16.7. The van der Waals surface area contributed by atoms with E-state index in [0.717, 1.165) is 10.6 Å². The molecule has 0 radical (unpaired) electrons. The fraction of sp³-hybridized carbons (Fsp3) is 0.353. The zero-order valence-electron chi connectivity index (χ0n) is 13.9. The molecule has 0 aromatic heterocycles. The molecular weight excluding hydrogens is 296 g/mol. The second-order valence-electron chi connectivity index (χ2n) is 6.36. The summed E-state index contributed by atoms with van der Waals surface area (Å²) in [6.45, 7) is 6.78. The van der Waals surface area contributed by atoms with Gasteiger partial charge in [-0.2, -0.15) is 0 Å². The summed E-state index contributed by atoms with van der Waals surface area (Å²) in [5, 5.41) is 0. The molecule has 1 aromatic rings. The molecule has 0 bridgehead atoms. The highest BCUT2D eigenvalue weighted by Crippen LogP contribution is 2.27. The standard InChI is InChI=1S/C17H20N2O4/c1-11(20)18(5)13-8-6-12(7-9-13)10-14-15(21)19(16(22)23-14)17(2,3)4/h6-10H,1-5H3. The first kappa shape index (κ1) is 16.7. The first-order valence-electron chi connectivity index (χ1n) is 7.23. The van der Waals surface area contributed by atoms with E-state index in [1.807, 2.05) is 0 Å². The van der Waals surface area contributed by atoms with E-state index in [2.05, 4.69) is 0 Å². The van der Waals surface area contributed by atoms with Crippen molar-refractivity contribution in [1.29, 1.82) is 0 Å². The third kappa shape index (κ3) is 3.41. The lowest BCUT2D eigenvalue weighted by Crippen LogP contribution is -2.44. The molecule has 2 rings (SSSR count). The van der Waals surface area contributed by atoms with Crippen LogP contribution in [-0.2, 0) is 14.3 Å². The number of nitrogens with zero attached hydrogens (tertiary/aromatic N) is 2. The quantitative estimate of drug-likeness (QED) is 0.787. The van der Waals surface area contributed by atoms with Gasteiger partial charge in [-0.15, -0.1) is 0 Å². The van der Waals surface area contributed by atoms with Crippen LogP contribution in [0.25, 0.3) is 6.08 Å². The SMILES string of the molecule is CC(=O)N(C)c1ccc(C=C2OC(=O)N(C(C)(C)C)C2=O)cc1. The summed E-state index contributed by atoms with van der Waals surface area (Å²) in [5.41, 5.74) is 0.806. The Hall–Kier alpha value is -2.63. The van der Waals surface area contributed by atoms with Gasteiger partial charge in [-0.25, -0.2) is 9.69 Å². The topological polar surface area (TPSA) is 66.9 Å². The lowest BCUT2D eigenvalue weighted by molar-refractivity contribution is -0.126. The molecule has 0 unspecified atom stereocenters. The number of amides is 3. The van der Waals surface area contributed by atoms with E-state index in [9.17, 15) is 14.4 Å². The maximum absolute atomic E-state index is 12.3. The molecule has 1 aromatic carbocycles. The average molecular weight is 316 g/mol. The van der Waals surface area contributed by atoms with E-state index in [0.29, 0.717) is 5.56 Å². The van der Waals surface area contributed by atoms with Gasteiger partial charge >= 0.3 is 6.09 Å². The maximum Gasteiger partial charge on any atom is 0.423 e. The number of imide groups is 1. The molecule has 1 saturated heterocycles. The van der Waals surface area contributed by atoms with Crippen molar-refractivity contribution in [3.05, 3.63) is 35.6 Å². The highest BCUT2D eigenvalue weighted by Gasteiger charge is 2.43. The Labute approximate surface area is 135 Å². The first-order chi connectivity index (χ1) is 10.6. The Morgan fingerprint density at radius 3 is 2.17 bits per heavy atom. The van der Waals surface area contributed by atoms with Gasteiger partial charge in [0.1, 0.15) is 0 Å². The minimum atomic E-state index is -0.665. The summed E-state index contributed by atoms with van der Waals surface area (Å²) in [6.07, 6.45) is 0.852.